The van der Waals surface area contributed by atoms with E-state index in [-0.39, 0.29) is 12.5 Å². The minimum atomic E-state index is -1.00. The zero-order valence-electron chi connectivity index (χ0n) is 11.2. The fraction of sp³-hybridized carbons (Fsp3) is 0.615. The molecule has 0 atom stereocenters. The maximum atomic E-state index is 12.0. The first kappa shape index (κ1) is 13.6. The summed E-state index contributed by atoms with van der Waals surface area (Å²) in [6.45, 7) is 3.19. The first-order valence-corrected chi connectivity index (χ1v) is 6.41. The number of carboxylic acid groups (broad SMARTS) is 1. The van der Waals surface area contributed by atoms with Crippen LogP contribution in [0.5, 0.6) is 0 Å². The number of aryl methyl sites for hydroxylation is 1. The normalized spacial score (nSPS) is 14.8. The summed E-state index contributed by atoms with van der Waals surface area (Å²) >= 11 is 0. The van der Waals surface area contributed by atoms with E-state index in [0.717, 1.165) is 37.0 Å². The Bertz CT molecular complexity index is 505. The van der Waals surface area contributed by atoms with Crippen molar-refractivity contribution in [3.63, 3.8) is 0 Å². The smallest absolute Gasteiger partial charge is 0.310 e. The van der Waals surface area contributed by atoms with Gasteiger partial charge in [-0.3, -0.25) is 9.59 Å². The van der Waals surface area contributed by atoms with Gasteiger partial charge in [-0.25, -0.2) is 0 Å². The van der Waals surface area contributed by atoms with Crippen LogP contribution in [0.4, 0.5) is 0 Å². The lowest BCUT2D eigenvalue weighted by atomic mass is 9.93. The summed E-state index contributed by atoms with van der Waals surface area (Å²) in [4.78, 5) is 23.0. The van der Waals surface area contributed by atoms with Crippen molar-refractivity contribution < 1.29 is 19.2 Å². The quantitative estimate of drug-likeness (QED) is 0.859. The van der Waals surface area contributed by atoms with E-state index in [0.29, 0.717) is 5.69 Å². The van der Waals surface area contributed by atoms with Gasteiger partial charge in [-0.2, -0.15) is 0 Å². The molecule has 6 heteroatoms. The van der Waals surface area contributed by atoms with Gasteiger partial charge in [0.05, 0.1) is 5.41 Å². The van der Waals surface area contributed by atoms with Crippen molar-refractivity contribution in [1.29, 1.82) is 0 Å². The number of carbonyl (C=O) groups is 2. The SMILES string of the molecule is CC(C)(CNC(=O)c1noc2c1CCCC2)C(=O)O. The van der Waals surface area contributed by atoms with Crippen LogP contribution in [0.1, 0.15) is 48.5 Å². The molecule has 0 aliphatic heterocycles. The second kappa shape index (κ2) is 5.03. The van der Waals surface area contributed by atoms with Crippen LogP contribution in [0.2, 0.25) is 0 Å². The molecule has 6 nitrogen and oxygen atoms in total. The summed E-state index contributed by atoms with van der Waals surface area (Å²) < 4.78 is 5.16. The molecule has 1 aromatic rings. The molecule has 0 spiro atoms. The van der Waals surface area contributed by atoms with Crippen molar-refractivity contribution >= 4 is 11.9 Å². The Morgan fingerprint density at radius 1 is 1.37 bits per heavy atom. The van der Waals surface area contributed by atoms with Crippen molar-refractivity contribution in [2.45, 2.75) is 39.5 Å². The number of hydrogen-bond donors (Lipinski definition) is 2. The highest BCUT2D eigenvalue weighted by atomic mass is 16.5. The number of hydrogen-bond acceptors (Lipinski definition) is 4. The van der Waals surface area contributed by atoms with E-state index in [4.69, 9.17) is 9.63 Å². The molecule has 0 fully saturated rings. The lowest BCUT2D eigenvalue weighted by molar-refractivity contribution is -0.146. The average molecular weight is 266 g/mol. The van der Waals surface area contributed by atoms with Crippen LogP contribution in [0.25, 0.3) is 0 Å². The highest BCUT2D eigenvalue weighted by Crippen LogP contribution is 2.24. The molecular formula is C13H18N2O4. The molecule has 0 unspecified atom stereocenters. The van der Waals surface area contributed by atoms with Crippen LogP contribution in [-0.2, 0) is 17.6 Å². The molecule has 0 radical (unpaired) electrons. The highest BCUT2D eigenvalue weighted by Gasteiger charge is 2.29. The first-order chi connectivity index (χ1) is 8.92. The Kier molecular flexibility index (Phi) is 3.59. The van der Waals surface area contributed by atoms with E-state index in [9.17, 15) is 9.59 Å². The molecule has 1 aliphatic rings. The Labute approximate surface area is 111 Å². The number of aromatic nitrogens is 1. The molecule has 0 saturated carbocycles. The van der Waals surface area contributed by atoms with Gasteiger partial charge in [0.1, 0.15) is 5.76 Å². The minimum absolute atomic E-state index is 0.0583. The third kappa shape index (κ3) is 2.77. The molecule has 104 valence electrons. The minimum Gasteiger partial charge on any atom is -0.481 e. The van der Waals surface area contributed by atoms with E-state index in [1.54, 1.807) is 13.8 Å². The summed E-state index contributed by atoms with van der Waals surface area (Å²) in [5, 5.41) is 15.4. The molecule has 1 amide bonds. The summed E-state index contributed by atoms with van der Waals surface area (Å²) in [7, 11) is 0. The van der Waals surface area contributed by atoms with Gasteiger partial charge in [-0.05, 0) is 33.1 Å². The zero-order valence-corrected chi connectivity index (χ0v) is 11.2. The van der Waals surface area contributed by atoms with E-state index in [1.807, 2.05) is 0 Å². The highest BCUT2D eigenvalue weighted by molar-refractivity contribution is 5.94. The Hall–Kier alpha value is -1.85. The molecule has 19 heavy (non-hydrogen) atoms. The third-order valence-electron chi connectivity index (χ3n) is 3.44. The standard InChI is InChI=1S/C13H18N2O4/c1-13(2,12(17)18)7-14-11(16)10-8-5-3-4-6-9(8)19-15-10/h3-7H2,1-2H3,(H,14,16)(H,17,18). The zero-order chi connectivity index (χ0) is 14.0. The fourth-order valence-corrected chi connectivity index (χ4v) is 2.02. The third-order valence-corrected chi connectivity index (χ3v) is 3.44. The molecule has 0 saturated heterocycles. The summed E-state index contributed by atoms with van der Waals surface area (Å²) in [5.74, 6) is -0.523. The Morgan fingerprint density at radius 3 is 2.74 bits per heavy atom. The number of carbonyl (C=O) groups excluding carboxylic acids is 1. The van der Waals surface area contributed by atoms with Gasteiger partial charge in [0.25, 0.3) is 5.91 Å². The fourth-order valence-electron chi connectivity index (χ4n) is 2.02. The molecule has 1 aliphatic carbocycles. The van der Waals surface area contributed by atoms with Gasteiger partial charge >= 0.3 is 5.97 Å². The molecule has 0 aromatic carbocycles. The maximum absolute atomic E-state index is 12.0. The van der Waals surface area contributed by atoms with E-state index < -0.39 is 11.4 Å². The van der Waals surface area contributed by atoms with Crippen LogP contribution in [0.15, 0.2) is 4.52 Å². The first-order valence-electron chi connectivity index (χ1n) is 6.41. The Morgan fingerprint density at radius 2 is 2.05 bits per heavy atom. The van der Waals surface area contributed by atoms with Gasteiger partial charge in [0.15, 0.2) is 5.69 Å². The van der Waals surface area contributed by atoms with Crippen molar-refractivity contribution in [1.82, 2.24) is 10.5 Å². The second-order valence-corrected chi connectivity index (χ2v) is 5.51. The average Bonchev–Trinajstić information content (AvgIpc) is 2.79. The van der Waals surface area contributed by atoms with Crippen molar-refractivity contribution in [3.05, 3.63) is 17.0 Å². The van der Waals surface area contributed by atoms with Crippen LogP contribution >= 0.6 is 0 Å². The molecule has 0 bridgehead atoms. The molecule has 1 aromatic heterocycles. The number of nitrogens with one attached hydrogen (secondary N) is 1. The topological polar surface area (TPSA) is 92.4 Å². The molecule has 1 heterocycles. The van der Waals surface area contributed by atoms with Crippen LogP contribution < -0.4 is 5.32 Å². The van der Waals surface area contributed by atoms with Crippen molar-refractivity contribution in [3.8, 4) is 0 Å². The number of nitrogens with zero attached hydrogens (tertiary/aromatic N) is 1. The lowest BCUT2D eigenvalue weighted by Gasteiger charge is -2.19. The van der Waals surface area contributed by atoms with Gasteiger partial charge in [0, 0.05) is 18.5 Å². The Balaban J connectivity index is 2.05. The van der Waals surface area contributed by atoms with Gasteiger partial charge in [-0.1, -0.05) is 5.16 Å². The number of carboxylic acids is 1. The maximum Gasteiger partial charge on any atom is 0.310 e. The number of amides is 1. The summed E-state index contributed by atoms with van der Waals surface area (Å²) in [5.41, 5.74) is 0.173. The van der Waals surface area contributed by atoms with Crippen LogP contribution in [0, 0.1) is 5.41 Å². The molecule has 2 N–H and O–H groups in total. The number of fused-ring (bicyclic) bond motifs is 1. The summed E-state index contributed by atoms with van der Waals surface area (Å²) in [6, 6.07) is 0. The van der Waals surface area contributed by atoms with E-state index in [1.165, 1.54) is 0 Å². The molecular weight excluding hydrogens is 248 g/mol. The van der Waals surface area contributed by atoms with Crippen LogP contribution in [-0.4, -0.2) is 28.7 Å². The predicted molar refractivity (Wildman–Crippen MR) is 66.9 cm³/mol. The predicted octanol–water partition coefficient (Wildman–Crippen LogP) is 1.39. The van der Waals surface area contributed by atoms with Gasteiger partial charge in [-0.15, -0.1) is 0 Å². The van der Waals surface area contributed by atoms with Crippen molar-refractivity contribution in [2.24, 2.45) is 5.41 Å². The van der Waals surface area contributed by atoms with Gasteiger partial charge < -0.3 is 14.9 Å². The van der Waals surface area contributed by atoms with E-state index >= 15 is 0 Å². The largest absolute Gasteiger partial charge is 0.481 e. The lowest BCUT2D eigenvalue weighted by Crippen LogP contribution is -2.39. The van der Waals surface area contributed by atoms with Crippen LogP contribution in [0.3, 0.4) is 0 Å². The summed E-state index contributed by atoms with van der Waals surface area (Å²) in [6.07, 6.45) is 3.69. The monoisotopic (exact) mass is 266 g/mol. The van der Waals surface area contributed by atoms with Gasteiger partial charge in [0.2, 0.25) is 0 Å². The number of rotatable bonds is 4. The second-order valence-electron chi connectivity index (χ2n) is 5.51. The van der Waals surface area contributed by atoms with Crippen molar-refractivity contribution in [2.75, 3.05) is 6.54 Å². The number of aliphatic carboxylic acids is 1. The molecule has 2 rings (SSSR count). The van der Waals surface area contributed by atoms with E-state index in [2.05, 4.69) is 10.5 Å².